The van der Waals surface area contributed by atoms with Crippen molar-refractivity contribution in [3.63, 3.8) is 0 Å². The second kappa shape index (κ2) is 11.8. The number of fused-ring (bicyclic) bond motifs is 9. The van der Waals surface area contributed by atoms with E-state index in [1.807, 2.05) is 12.1 Å². The van der Waals surface area contributed by atoms with Crippen LogP contribution in [0, 0.1) is 0 Å². The van der Waals surface area contributed by atoms with Crippen molar-refractivity contribution in [3.8, 4) is 11.1 Å². The second-order valence-electron chi connectivity index (χ2n) is 13.7. The van der Waals surface area contributed by atoms with Crippen LogP contribution in [0.3, 0.4) is 0 Å². The van der Waals surface area contributed by atoms with Crippen molar-refractivity contribution >= 4 is 76.7 Å². The molecule has 4 heteroatoms. The van der Waals surface area contributed by atoms with Crippen molar-refractivity contribution < 1.29 is 4.42 Å². The summed E-state index contributed by atoms with van der Waals surface area (Å²) in [6.07, 6.45) is -0.496. The summed E-state index contributed by atoms with van der Waals surface area (Å²) in [5, 5.41) is 15.4. The van der Waals surface area contributed by atoms with Crippen molar-refractivity contribution in [1.82, 2.24) is 5.32 Å². The van der Waals surface area contributed by atoms with Crippen molar-refractivity contribution in [2.75, 3.05) is 0 Å². The fraction of sp³-hybridized carbons (Fsp3) is 0.0204. The number of hydrogen-bond donors (Lipinski definition) is 1. The third-order valence-corrected chi connectivity index (χ3v) is 10.7. The largest absolute Gasteiger partial charge is 0.455 e. The quantitative estimate of drug-likeness (QED) is 0.189. The first kappa shape index (κ1) is 29.7. The lowest BCUT2D eigenvalue weighted by molar-refractivity contribution is 0.670. The summed E-state index contributed by atoms with van der Waals surface area (Å²) in [5.74, 6) is 1.55. The fourth-order valence-corrected chi connectivity index (χ4v) is 8.30. The third-order valence-electron chi connectivity index (χ3n) is 10.7. The highest BCUT2D eigenvalue weighted by Crippen LogP contribution is 2.40. The van der Waals surface area contributed by atoms with Crippen molar-refractivity contribution in [2.24, 2.45) is 9.98 Å². The molecule has 1 aliphatic heterocycles. The van der Waals surface area contributed by atoms with Gasteiger partial charge in [-0.1, -0.05) is 170 Å². The lowest BCUT2D eigenvalue weighted by atomic mass is 9.93. The molecule has 0 radical (unpaired) electrons. The van der Waals surface area contributed by atoms with Gasteiger partial charge in [0, 0.05) is 33.0 Å². The number of rotatable bonds is 4. The minimum atomic E-state index is -0.496. The zero-order chi connectivity index (χ0) is 34.9. The number of aliphatic imine (C=N–C) groups is 2. The van der Waals surface area contributed by atoms with E-state index < -0.39 is 6.17 Å². The topological polar surface area (TPSA) is 49.9 Å². The standard InChI is InChI=1S/C49H31N3O/c1-2-12-31(13-3-1)36-19-9-23-41-45-42(24-11-25-43(45)53-46(36)41)49-51-47(39-21-8-16-30-14-4-6-17-34(30)39)50-48(52-49)40-22-10-20-38-37(40)29-28-33-27-26-32-15-5-7-18-35(32)44(33)38/h1-29,48H,(H,50,51,52). The Kier molecular flexibility index (Phi) is 6.58. The molecule has 0 saturated heterocycles. The van der Waals surface area contributed by atoms with E-state index in [0.29, 0.717) is 0 Å². The Hall–Kier alpha value is -7.04. The Balaban J connectivity index is 1.16. The van der Waals surface area contributed by atoms with Crippen LogP contribution in [0.15, 0.2) is 190 Å². The number of hydrogen-bond acceptors (Lipinski definition) is 4. The molecule has 0 saturated carbocycles. The summed E-state index contributed by atoms with van der Waals surface area (Å²) in [7, 11) is 0. The lowest BCUT2D eigenvalue weighted by Crippen LogP contribution is -2.36. The van der Waals surface area contributed by atoms with E-state index in [-0.39, 0.29) is 0 Å². The van der Waals surface area contributed by atoms with Gasteiger partial charge in [-0.25, -0.2) is 9.98 Å². The number of para-hydroxylation sites is 1. The van der Waals surface area contributed by atoms with E-state index in [0.717, 1.165) is 77.6 Å². The normalized spacial score (nSPS) is 14.6. The summed E-state index contributed by atoms with van der Waals surface area (Å²) in [6, 6.07) is 62.1. The maximum absolute atomic E-state index is 6.67. The van der Waals surface area contributed by atoms with Crippen LogP contribution < -0.4 is 5.32 Å². The smallest absolute Gasteiger partial charge is 0.170 e. The SMILES string of the molecule is c1ccc(-c2cccc3c2oc2cccc(C4=NC(c5cccc6c5ccc5ccc7ccccc7c56)N=C(c5cccc6ccccc56)N4)c23)cc1. The van der Waals surface area contributed by atoms with Gasteiger partial charge >= 0.3 is 0 Å². The molecule has 4 nitrogen and oxygen atoms in total. The average molecular weight is 678 g/mol. The molecule has 0 aliphatic carbocycles. The molecule has 2 heterocycles. The zero-order valence-corrected chi connectivity index (χ0v) is 28.6. The minimum Gasteiger partial charge on any atom is -0.455 e. The Morgan fingerprint density at radius 2 is 1.00 bits per heavy atom. The molecule has 0 amide bonds. The molecule has 53 heavy (non-hydrogen) atoms. The highest BCUT2D eigenvalue weighted by Gasteiger charge is 2.26. The molecule has 9 aromatic carbocycles. The molecule has 0 fully saturated rings. The molecule has 10 aromatic rings. The Morgan fingerprint density at radius 1 is 0.396 bits per heavy atom. The molecule has 1 N–H and O–H groups in total. The van der Waals surface area contributed by atoms with Crippen LogP contribution in [0.1, 0.15) is 22.9 Å². The first-order chi connectivity index (χ1) is 26.3. The van der Waals surface area contributed by atoms with Gasteiger partial charge < -0.3 is 9.73 Å². The summed E-state index contributed by atoms with van der Waals surface area (Å²) in [6.45, 7) is 0. The molecule has 1 aliphatic rings. The maximum Gasteiger partial charge on any atom is 0.170 e. The first-order valence-electron chi connectivity index (χ1n) is 18.0. The van der Waals surface area contributed by atoms with Crippen LogP contribution >= 0.6 is 0 Å². The maximum atomic E-state index is 6.67. The van der Waals surface area contributed by atoms with E-state index >= 15 is 0 Å². The number of benzene rings is 9. The van der Waals surface area contributed by atoms with E-state index in [2.05, 4.69) is 169 Å². The highest BCUT2D eigenvalue weighted by atomic mass is 16.3. The Labute approximate surface area is 305 Å². The molecule has 0 bridgehead atoms. The molecular formula is C49H31N3O. The number of furan rings is 1. The fourth-order valence-electron chi connectivity index (χ4n) is 8.30. The van der Waals surface area contributed by atoms with E-state index in [9.17, 15) is 0 Å². The van der Waals surface area contributed by atoms with Crippen molar-refractivity contribution in [2.45, 2.75) is 6.17 Å². The highest BCUT2D eigenvalue weighted by molar-refractivity contribution is 6.26. The summed E-state index contributed by atoms with van der Waals surface area (Å²) in [4.78, 5) is 10.9. The van der Waals surface area contributed by atoms with Crippen LogP contribution in [0.25, 0.3) is 76.2 Å². The number of amidine groups is 2. The average Bonchev–Trinajstić information content (AvgIpc) is 3.62. The van der Waals surface area contributed by atoms with Gasteiger partial charge in [0.2, 0.25) is 0 Å². The van der Waals surface area contributed by atoms with Gasteiger partial charge in [0.1, 0.15) is 22.8 Å². The second-order valence-corrected chi connectivity index (χ2v) is 13.7. The van der Waals surface area contributed by atoms with Gasteiger partial charge in [0.15, 0.2) is 6.17 Å². The van der Waals surface area contributed by atoms with E-state index in [4.69, 9.17) is 14.4 Å². The molecular weight excluding hydrogens is 647 g/mol. The Morgan fingerprint density at radius 3 is 1.89 bits per heavy atom. The van der Waals surface area contributed by atoms with Crippen LogP contribution in [0.2, 0.25) is 0 Å². The van der Waals surface area contributed by atoms with E-state index in [1.54, 1.807) is 0 Å². The van der Waals surface area contributed by atoms with Gasteiger partial charge in [-0.15, -0.1) is 0 Å². The predicted octanol–water partition coefficient (Wildman–Crippen LogP) is 12.4. The molecule has 11 rings (SSSR count). The lowest BCUT2D eigenvalue weighted by Gasteiger charge is -2.24. The van der Waals surface area contributed by atoms with E-state index in [1.165, 1.54) is 26.9 Å². The number of nitrogens with one attached hydrogen (secondary N) is 1. The predicted molar refractivity (Wildman–Crippen MR) is 221 cm³/mol. The first-order valence-corrected chi connectivity index (χ1v) is 18.0. The van der Waals surface area contributed by atoms with Gasteiger partial charge in [-0.2, -0.15) is 0 Å². The summed E-state index contributed by atoms with van der Waals surface area (Å²) < 4.78 is 6.67. The number of nitrogens with zero attached hydrogens (tertiary/aromatic N) is 2. The molecule has 248 valence electrons. The van der Waals surface area contributed by atoms with Gasteiger partial charge in [-0.05, 0) is 54.7 Å². The molecule has 1 aromatic heterocycles. The van der Waals surface area contributed by atoms with Gasteiger partial charge in [0.25, 0.3) is 0 Å². The minimum absolute atomic E-state index is 0.496. The molecule has 1 atom stereocenters. The third kappa shape index (κ3) is 4.69. The summed E-state index contributed by atoms with van der Waals surface area (Å²) in [5.41, 5.74) is 6.94. The van der Waals surface area contributed by atoms with Crippen molar-refractivity contribution in [3.05, 3.63) is 193 Å². The molecule has 0 spiro atoms. The van der Waals surface area contributed by atoms with Gasteiger partial charge in [0.05, 0.1) is 0 Å². The summed E-state index contributed by atoms with van der Waals surface area (Å²) >= 11 is 0. The van der Waals surface area contributed by atoms with Crippen molar-refractivity contribution in [1.29, 1.82) is 0 Å². The Bertz CT molecular complexity index is 3150. The molecule has 1 unspecified atom stereocenters. The monoisotopic (exact) mass is 677 g/mol. The van der Waals surface area contributed by atoms with Crippen LogP contribution in [0.4, 0.5) is 0 Å². The van der Waals surface area contributed by atoms with Crippen LogP contribution in [-0.2, 0) is 0 Å². The van der Waals surface area contributed by atoms with Crippen LogP contribution in [0.5, 0.6) is 0 Å². The van der Waals surface area contributed by atoms with Crippen LogP contribution in [-0.4, -0.2) is 11.7 Å². The zero-order valence-electron chi connectivity index (χ0n) is 28.6. The van der Waals surface area contributed by atoms with Gasteiger partial charge in [-0.3, -0.25) is 0 Å².